The van der Waals surface area contributed by atoms with Crippen LogP contribution in [0.1, 0.15) is 15.9 Å². The number of amides is 1. The van der Waals surface area contributed by atoms with Crippen LogP contribution in [0.15, 0.2) is 104 Å². The van der Waals surface area contributed by atoms with E-state index in [1.54, 1.807) is 12.4 Å². The monoisotopic (exact) mass is 444 g/mol. The highest BCUT2D eigenvalue weighted by molar-refractivity contribution is 6.07. The second-order valence-corrected chi connectivity index (χ2v) is 7.98. The highest BCUT2D eigenvalue weighted by Crippen LogP contribution is 2.29. The molecule has 0 saturated heterocycles. The quantitative estimate of drug-likeness (QED) is 0.404. The van der Waals surface area contributed by atoms with Crippen molar-refractivity contribution in [1.82, 2.24) is 24.1 Å². The summed E-state index contributed by atoms with van der Waals surface area (Å²) >= 11 is 0. The minimum atomic E-state index is -0.256. The van der Waals surface area contributed by atoms with Gasteiger partial charge in [0.1, 0.15) is 17.2 Å². The van der Waals surface area contributed by atoms with E-state index in [0.717, 1.165) is 27.8 Å². The minimum absolute atomic E-state index is 0.256. The van der Waals surface area contributed by atoms with Gasteiger partial charge in [0.15, 0.2) is 5.65 Å². The Kier molecular flexibility index (Phi) is 4.85. The van der Waals surface area contributed by atoms with Crippen molar-refractivity contribution in [2.75, 3.05) is 5.32 Å². The Labute approximate surface area is 195 Å². The Morgan fingerprint density at radius 1 is 0.882 bits per heavy atom. The first kappa shape index (κ1) is 19.9. The summed E-state index contributed by atoms with van der Waals surface area (Å²) in [5, 5.41) is 8.33. The van der Waals surface area contributed by atoms with Gasteiger partial charge in [-0.25, -0.2) is 14.6 Å². The van der Waals surface area contributed by atoms with Crippen LogP contribution < -0.4 is 5.32 Å². The molecule has 0 spiro atoms. The molecule has 7 heteroatoms. The zero-order valence-electron chi connectivity index (χ0n) is 18.2. The van der Waals surface area contributed by atoms with Crippen molar-refractivity contribution in [2.24, 2.45) is 0 Å². The van der Waals surface area contributed by atoms with Crippen LogP contribution in [0.2, 0.25) is 0 Å². The number of hydrogen-bond acceptors (Lipinski definition) is 4. The van der Waals surface area contributed by atoms with Gasteiger partial charge in [-0.3, -0.25) is 9.20 Å². The van der Waals surface area contributed by atoms with Crippen molar-refractivity contribution in [3.05, 3.63) is 115 Å². The Morgan fingerprint density at radius 2 is 1.65 bits per heavy atom. The molecule has 7 nitrogen and oxygen atoms in total. The molecule has 0 bridgehead atoms. The predicted octanol–water partition coefficient (Wildman–Crippen LogP) is 5.05. The molecule has 1 N–H and O–H groups in total. The molecule has 0 fully saturated rings. The molecule has 0 unspecified atom stereocenters. The lowest BCUT2D eigenvalue weighted by atomic mass is 10.1. The molecule has 0 aliphatic rings. The van der Waals surface area contributed by atoms with E-state index in [0.29, 0.717) is 23.6 Å². The topological polar surface area (TPSA) is 77.1 Å². The summed E-state index contributed by atoms with van der Waals surface area (Å²) in [6.45, 7) is 0.616. The smallest absolute Gasteiger partial charge is 0.258 e. The van der Waals surface area contributed by atoms with Gasteiger partial charge in [0.05, 0.1) is 18.3 Å². The molecule has 1 amide bonds. The third-order valence-corrected chi connectivity index (χ3v) is 5.72. The van der Waals surface area contributed by atoms with E-state index >= 15 is 0 Å². The molecule has 6 aromatic rings. The standard InChI is InChI=1S/C27H20N6O/c34-27(22-15-21-17-29-33(25(21)28-16-22)18-19-9-3-1-4-10-19)31-26-24(20-11-5-2-6-12-20)30-23-13-7-8-14-32(23)26/h1-17H,18H2,(H,31,34). The molecule has 0 saturated carbocycles. The van der Waals surface area contributed by atoms with Gasteiger partial charge in [0, 0.05) is 23.3 Å². The van der Waals surface area contributed by atoms with Crippen LogP contribution in [-0.4, -0.2) is 30.1 Å². The number of nitrogens with zero attached hydrogens (tertiary/aromatic N) is 5. The molecule has 0 atom stereocenters. The van der Waals surface area contributed by atoms with Gasteiger partial charge >= 0.3 is 0 Å². The first-order valence-electron chi connectivity index (χ1n) is 11.0. The van der Waals surface area contributed by atoms with Crippen LogP contribution in [0, 0.1) is 0 Å². The summed E-state index contributed by atoms with van der Waals surface area (Å²) in [6.07, 6.45) is 5.22. The van der Waals surface area contributed by atoms with E-state index < -0.39 is 0 Å². The van der Waals surface area contributed by atoms with Crippen molar-refractivity contribution >= 4 is 28.4 Å². The third kappa shape index (κ3) is 3.59. The zero-order chi connectivity index (χ0) is 22.9. The number of rotatable bonds is 5. The number of nitrogens with one attached hydrogen (secondary N) is 1. The lowest BCUT2D eigenvalue weighted by Gasteiger charge is -2.08. The van der Waals surface area contributed by atoms with Gasteiger partial charge in [0.2, 0.25) is 0 Å². The normalized spacial score (nSPS) is 11.2. The zero-order valence-corrected chi connectivity index (χ0v) is 18.2. The third-order valence-electron chi connectivity index (χ3n) is 5.72. The summed E-state index contributed by atoms with van der Waals surface area (Å²) in [4.78, 5) is 22.6. The summed E-state index contributed by atoms with van der Waals surface area (Å²) in [5.74, 6) is 0.361. The van der Waals surface area contributed by atoms with Gasteiger partial charge in [-0.2, -0.15) is 5.10 Å². The highest BCUT2D eigenvalue weighted by Gasteiger charge is 2.18. The number of benzene rings is 2. The lowest BCUT2D eigenvalue weighted by molar-refractivity contribution is 0.102. The van der Waals surface area contributed by atoms with Gasteiger partial charge in [0.25, 0.3) is 5.91 Å². The number of carbonyl (C=O) groups is 1. The van der Waals surface area contributed by atoms with Crippen LogP contribution >= 0.6 is 0 Å². The highest BCUT2D eigenvalue weighted by atomic mass is 16.1. The maximum absolute atomic E-state index is 13.3. The second-order valence-electron chi connectivity index (χ2n) is 7.98. The molecule has 0 aliphatic carbocycles. The average molecular weight is 444 g/mol. The first-order valence-corrected chi connectivity index (χ1v) is 11.0. The fourth-order valence-electron chi connectivity index (χ4n) is 4.06. The van der Waals surface area contributed by atoms with Crippen LogP contribution in [-0.2, 0) is 6.54 Å². The van der Waals surface area contributed by atoms with Crippen LogP contribution in [0.3, 0.4) is 0 Å². The number of hydrogen-bond donors (Lipinski definition) is 1. The maximum atomic E-state index is 13.3. The Hall–Kier alpha value is -4.78. The molecular formula is C27H20N6O. The van der Waals surface area contributed by atoms with Gasteiger partial charge < -0.3 is 5.32 Å². The van der Waals surface area contributed by atoms with Crippen LogP contribution in [0.5, 0.6) is 0 Å². The van der Waals surface area contributed by atoms with Crippen molar-refractivity contribution in [3.63, 3.8) is 0 Å². The van der Waals surface area contributed by atoms with Crippen LogP contribution in [0.4, 0.5) is 5.82 Å². The van der Waals surface area contributed by atoms with E-state index in [-0.39, 0.29) is 5.91 Å². The average Bonchev–Trinajstić information content (AvgIpc) is 3.46. The number of carbonyl (C=O) groups excluding carboxylic acids is 1. The van der Waals surface area contributed by atoms with E-state index in [1.165, 1.54) is 0 Å². The molecule has 4 aromatic heterocycles. The molecule has 2 aromatic carbocycles. The first-order chi connectivity index (χ1) is 16.8. The van der Waals surface area contributed by atoms with E-state index in [4.69, 9.17) is 4.98 Å². The Morgan fingerprint density at radius 3 is 2.47 bits per heavy atom. The summed E-state index contributed by atoms with van der Waals surface area (Å²) in [5.41, 5.74) is 4.73. The maximum Gasteiger partial charge on any atom is 0.258 e. The predicted molar refractivity (Wildman–Crippen MR) is 132 cm³/mol. The minimum Gasteiger partial charge on any atom is -0.306 e. The van der Waals surface area contributed by atoms with E-state index in [2.05, 4.69) is 27.5 Å². The lowest BCUT2D eigenvalue weighted by Crippen LogP contribution is -2.14. The summed E-state index contributed by atoms with van der Waals surface area (Å²) < 4.78 is 3.72. The molecule has 34 heavy (non-hydrogen) atoms. The van der Waals surface area contributed by atoms with Crippen LogP contribution in [0.25, 0.3) is 27.9 Å². The molecule has 0 aliphatic heterocycles. The SMILES string of the molecule is O=C(Nc1c(-c2ccccc2)nc2ccccn12)c1cnc2c(cnn2Cc2ccccc2)c1. The fraction of sp³-hybridized carbons (Fsp3) is 0.0370. The molecule has 0 radical (unpaired) electrons. The van der Waals surface area contributed by atoms with Crippen molar-refractivity contribution in [1.29, 1.82) is 0 Å². The van der Waals surface area contributed by atoms with Gasteiger partial charge in [-0.1, -0.05) is 66.7 Å². The van der Waals surface area contributed by atoms with E-state index in [9.17, 15) is 4.79 Å². The van der Waals surface area contributed by atoms with Crippen molar-refractivity contribution in [3.8, 4) is 11.3 Å². The second kappa shape index (κ2) is 8.29. The molecule has 164 valence electrons. The van der Waals surface area contributed by atoms with Crippen molar-refractivity contribution in [2.45, 2.75) is 6.54 Å². The Bertz CT molecular complexity index is 1620. The van der Waals surface area contributed by atoms with Gasteiger partial charge in [-0.05, 0) is 23.8 Å². The number of imidazole rings is 1. The largest absolute Gasteiger partial charge is 0.306 e. The van der Waals surface area contributed by atoms with Gasteiger partial charge in [-0.15, -0.1) is 0 Å². The number of anilines is 1. The Balaban J connectivity index is 1.33. The number of fused-ring (bicyclic) bond motifs is 2. The van der Waals surface area contributed by atoms with E-state index in [1.807, 2.05) is 88.1 Å². The fourth-order valence-corrected chi connectivity index (χ4v) is 4.06. The molecule has 4 heterocycles. The molecular weight excluding hydrogens is 424 g/mol. The summed E-state index contributed by atoms with van der Waals surface area (Å²) in [7, 11) is 0. The van der Waals surface area contributed by atoms with Crippen molar-refractivity contribution < 1.29 is 4.79 Å². The number of aromatic nitrogens is 5. The molecule has 6 rings (SSSR count). The number of pyridine rings is 2. The summed E-state index contributed by atoms with van der Waals surface area (Å²) in [6, 6.07) is 27.5.